The minimum atomic E-state index is -0.288. The van der Waals surface area contributed by atoms with Crippen molar-refractivity contribution in [3.8, 4) is 0 Å². The van der Waals surface area contributed by atoms with Crippen LogP contribution in [-0.4, -0.2) is 17.0 Å². The third-order valence-corrected chi connectivity index (χ3v) is 2.97. The first-order chi connectivity index (χ1) is 10.0. The minimum absolute atomic E-state index is 0.0761. The fourth-order valence-corrected chi connectivity index (χ4v) is 1.88. The number of anilines is 1. The summed E-state index contributed by atoms with van der Waals surface area (Å²) in [6.45, 7) is 0.342. The summed E-state index contributed by atoms with van der Waals surface area (Å²) in [6.07, 6.45) is 2.03. The number of nitrogens with one attached hydrogen (secondary N) is 1. The van der Waals surface area contributed by atoms with Gasteiger partial charge in [0.15, 0.2) is 0 Å². The Kier molecular flexibility index (Phi) is 4.71. The number of nitrogens with two attached hydrogens (primary N) is 1. The number of benzene rings is 1. The molecule has 0 fully saturated rings. The number of amides is 1. The summed E-state index contributed by atoms with van der Waals surface area (Å²) in [7, 11) is 0. The quantitative estimate of drug-likeness (QED) is 0.859. The summed E-state index contributed by atoms with van der Waals surface area (Å²) < 4.78 is 14.0. The first kappa shape index (κ1) is 14.8. The van der Waals surface area contributed by atoms with E-state index >= 15 is 0 Å². The lowest BCUT2D eigenvalue weighted by atomic mass is 10.1. The van der Waals surface area contributed by atoms with Gasteiger partial charge in [0.2, 0.25) is 5.91 Å². The number of rotatable bonds is 5. The third kappa shape index (κ3) is 4.45. The molecule has 1 aromatic heterocycles. The van der Waals surface area contributed by atoms with E-state index in [0.29, 0.717) is 18.7 Å². The highest BCUT2D eigenvalue weighted by Crippen LogP contribution is 2.02. The van der Waals surface area contributed by atoms with E-state index in [1.807, 2.05) is 0 Å². The van der Waals surface area contributed by atoms with Gasteiger partial charge in [-0.25, -0.2) is 4.39 Å². The molecular formula is C15H16FN3O2. The van der Waals surface area contributed by atoms with Crippen LogP contribution in [0.15, 0.2) is 47.4 Å². The Hall–Kier alpha value is -2.63. The van der Waals surface area contributed by atoms with Crippen LogP contribution in [0.2, 0.25) is 0 Å². The van der Waals surface area contributed by atoms with Crippen LogP contribution in [0.25, 0.3) is 0 Å². The van der Waals surface area contributed by atoms with Crippen LogP contribution in [0, 0.1) is 5.82 Å². The average Bonchev–Trinajstić information content (AvgIpc) is 2.45. The first-order valence-corrected chi connectivity index (χ1v) is 6.52. The van der Waals surface area contributed by atoms with Gasteiger partial charge in [0.05, 0.1) is 0 Å². The minimum Gasteiger partial charge on any atom is -0.398 e. The summed E-state index contributed by atoms with van der Waals surface area (Å²) >= 11 is 0. The van der Waals surface area contributed by atoms with Gasteiger partial charge in [-0.15, -0.1) is 0 Å². The van der Waals surface area contributed by atoms with Crippen LogP contribution < -0.4 is 16.6 Å². The predicted octanol–water partition coefficient (Wildman–Crippen LogP) is 0.928. The molecule has 1 amide bonds. The van der Waals surface area contributed by atoms with Crippen molar-refractivity contribution in [2.45, 2.75) is 13.0 Å². The Morgan fingerprint density at radius 1 is 1.19 bits per heavy atom. The highest BCUT2D eigenvalue weighted by atomic mass is 19.1. The molecule has 5 nitrogen and oxygen atoms in total. The second-order valence-electron chi connectivity index (χ2n) is 4.65. The molecule has 3 N–H and O–H groups in total. The van der Waals surface area contributed by atoms with Gasteiger partial charge < -0.3 is 15.6 Å². The molecule has 0 aliphatic carbocycles. The maximum absolute atomic E-state index is 12.7. The van der Waals surface area contributed by atoms with Crippen LogP contribution in [0.1, 0.15) is 5.56 Å². The molecule has 0 radical (unpaired) electrons. The number of aromatic nitrogens is 1. The highest BCUT2D eigenvalue weighted by Gasteiger charge is 2.04. The topological polar surface area (TPSA) is 77.1 Å². The Labute approximate surface area is 121 Å². The smallest absolute Gasteiger partial charge is 0.251 e. The number of carbonyl (C=O) groups is 1. The van der Waals surface area contributed by atoms with Crippen molar-refractivity contribution in [1.29, 1.82) is 0 Å². The Morgan fingerprint density at radius 2 is 1.90 bits per heavy atom. The first-order valence-electron chi connectivity index (χ1n) is 6.52. The molecule has 0 atom stereocenters. The van der Waals surface area contributed by atoms with Crippen LogP contribution in [-0.2, 0) is 17.8 Å². The monoisotopic (exact) mass is 289 g/mol. The number of hydrogen-bond donors (Lipinski definition) is 2. The Morgan fingerprint density at radius 3 is 2.62 bits per heavy atom. The predicted molar refractivity (Wildman–Crippen MR) is 78.2 cm³/mol. The zero-order chi connectivity index (χ0) is 15.2. The van der Waals surface area contributed by atoms with Gasteiger partial charge in [-0.05, 0) is 30.2 Å². The SMILES string of the molecule is Nc1ccc(=O)n(CC(=O)NCCc2ccc(F)cc2)c1. The van der Waals surface area contributed by atoms with E-state index in [4.69, 9.17) is 5.73 Å². The van der Waals surface area contributed by atoms with Crippen molar-refractivity contribution < 1.29 is 9.18 Å². The van der Waals surface area contributed by atoms with Crippen molar-refractivity contribution in [2.24, 2.45) is 0 Å². The lowest BCUT2D eigenvalue weighted by molar-refractivity contribution is -0.121. The van der Waals surface area contributed by atoms with Crippen LogP contribution in [0.3, 0.4) is 0 Å². The van der Waals surface area contributed by atoms with Gasteiger partial charge in [0.1, 0.15) is 12.4 Å². The number of pyridine rings is 1. The van der Waals surface area contributed by atoms with Crippen LogP contribution >= 0.6 is 0 Å². The average molecular weight is 289 g/mol. The van der Waals surface area contributed by atoms with Crippen molar-refractivity contribution in [3.05, 3.63) is 64.3 Å². The molecule has 21 heavy (non-hydrogen) atoms. The molecule has 110 valence electrons. The molecule has 0 saturated heterocycles. The largest absolute Gasteiger partial charge is 0.398 e. The molecule has 0 aliphatic heterocycles. The van der Waals surface area contributed by atoms with E-state index in [0.717, 1.165) is 5.56 Å². The summed E-state index contributed by atoms with van der Waals surface area (Å²) in [5.74, 6) is -0.561. The molecule has 2 aromatic rings. The second-order valence-corrected chi connectivity index (χ2v) is 4.65. The lowest BCUT2D eigenvalue weighted by Gasteiger charge is -2.08. The molecule has 0 spiro atoms. The van der Waals surface area contributed by atoms with Crippen molar-refractivity contribution in [1.82, 2.24) is 9.88 Å². The molecule has 1 aromatic carbocycles. The number of hydrogen-bond acceptors (Lipinski definition) is 3. The fraction of sp³-hybridized carbons (Fsp3) is 0.200. The number of halogens is 1. The van der Waals surface area contributed by atoms with E-state index in [-0.39, 0.29) is 23.8 Å². The fourth-order valence-electron chi connectivity index (χ4n) is 1.88. The number of carbonyl (C=O) groups excluding carboxylic acids is 1. The van der Waals surface area contributed by atoms with Gasteiger partial charge in [-0.2, -0.15) is 0 Å². The van der Waals surface area contributed by atoms with E-state index in [2.05, 4.69) is 5.32 Å². The van der Waals surface area contributed by atoms with E-state index in [9.17, 15) is 14.0 Å². The van der Waals surface area contributed by atoms with Crippen molar-refractivity contribution in [2.75, 3.05) is 12.3 Å². The van der Waals surface area contributed by atoms with Crippen LogP contribution in [0.4, 0.5) is 10.1 Å². The van der Waals surface area contributed by atoms with Gasteiger partial charge in [0.25, 0.3) is 5.56 Å². The lowest BCUT2D eigenvalue weighted by Crippen LogP contribution is -2.33. The van der Waals surface area contributed by atoms with E-state index < -0.39 is 0 Å². The van der Waals surface area contributed by atoms with E-state index in [1.54, 1.807) is 12.1 Å². The molecule has 0 bridgehead atoms. The maximum atomic E-state index is 12.7. The van der Waals surface area contributed by atoms with E-state index in [1.165, 1.54) is 35.0 Å². The Balaban J connectivity index is 1.83. The number of nitrogens with zero attached hydrogens (tertiary/aromatic N) is 1. The molecule has 6 heteroatoms. The van der Waals surface area contributed by atoms with Gasteiger partial charge >= 0.3 is 0 Å². The normalized spacial score (nSPS) is 10.3. The Bertz CT molecular complexity index is 680. The molecule has 0 aliphatic rings. The van der Waals surface area contributed by atoms with Crippen molar-refractivity contribution >= 4 is 11.6 Å². The van der Waals surface area contributed by atoms with Gasteiger partial charge in [0, 0.05) is 24.5 Å². The highest BCUT2D eigenvalue weighted by molar-refractivity contribution is 5.75. The van der Waals surface area contributed by atoms with Crippen LogP contribution in [0.5, 0.6) is 0 Å². The summed E-state index contributed by atoms with van der Waals surface area (Å²) in [5, 5.41) is 2.71. The molecule has 0 saturated carbocycles. The standard InChI is InChI=1S/C15H16FN3O2/c16-12-3-1-11(2-4-12)7-8-18-14(20)10-19-9-13(17)5-6-15(19)21/h1-6,9H,7-8,10,17H2,(H,18,20). The summed E-state index contributed by atoms with van der Waals surface area (Å²) in [5.41, 5.74) is 6.64. The second kappa shape index (κ2) is 6.69. The van der Waals surface area contributed by atoms with Crippen molar-refractivity contribution in [3.63, 3.8) is 0 Å². The zero-order valence-electron chi connectivity index (χ0n) is 11.4. The third-order valence-electron chi connectivity index (χ3n) is 2.97. The van der Waals surface area contributed by atoms with Gasteiger partial charge in [-0.1, -0.05) is 12.1 Å². The molecule has 0 unspecified atom stereocenters. The molecule has 2 rings (SSSR count). The molecular weight excluding hydrogens is 273 g/mol. The summed E-state index contributed by atoms with van der Waals surface area (Å²) in [6, 6.07) is 8.91. The number of nitrogen functional groups attached to an aromatic ring is 1. The summed E-state index contributed by atoms with van der Waals surface area (Å²) in [4.78, 5) is 23.3. The van der Waals surface area contributed by atoms with Gasteiger partial charge in [-0.3, -0.25) is 9.59 Å². The zero-order valence-corrected chi connectivity index (χ0v) is 11.4. The molecule has 1 heterocycles. The maximum Gasteiger partial charge on any atom is 0.251 e.